The molecule has 0 aromatic heterocycles. The van der Waals surface area contributed by atoms with Gasteiger partial charge in [0.05, 0.1) is 5.69 Å². The molecule has 0 atom stereocenters. The minimum atomic E-state index is -0.226. The Bertz CT molecular complexity index is 1550. The van der Waals surface area contributed by atoms with E-state index in [2.05, 4.69) is 109 Å². The van der Waals surface area contributed by atoms with Crippen molar-refractivity contribution in [1.82, 2.24) is 0 Å². The van der Waals surface area contributed by atoms with Crippen LogP contribution in [0.25, 0.3) is 22.3 Å². The topological polar surface area (TPSA) is 52.9 Å². The summed E-state index contributed by atoms with van der Waals surface area (Å²) in [7, 11) is 1.71. The number of benzene rings is 4. The molecule has 0 aliphatic rings. The van der Waals surface area contributed by atoms with Crippen LogP contribution >= 0.6 is 0 Å². The summed E-state index contributed by atoms with van der Waals surface area (Å²) in [4.78, 5) is 2.18. The number of anilines is 2. The van der Waals surface area contributed by atoms with Crippen LogP contribution in [0.3, 0.4) is 0 Å². The Hall–Kier alpha value is -2.88. The van der Waals surface area contributed by atoms with Crippen LogP contribution in [0.5, 0.6) is 11.5 Å². The Kier molecular flexibility index (Phi) is 10.9. The Morgan fingerprint density at radius 3 is 1.88 bits per heavy atom. The second kappa shape index (κ2) is 13.6. The van der Waals surface area contributed by atoms with Crippen molar-refractivity contribution < 1.29 is 41.2 Å². The van der Waals surface area contributed by atoms with Gasteiger partial charge in [0.1, 0.15) is 11.5 Å². The molecular formula is C37H45NO3Zr. The molecule has 4 aromatic carbocycles. The number of hydrogen-bond acceptors (Lipinski definition) is 4. The second-order valence-electron chi connectivity index (χ2n) is 12.4. The standard InChI is InChI=1S/C37H45NO3.Zr/c1-23-17-26(4)34(27(5)18-23)30-20-24(2)19-29(35(30)39)28-13-10-11-14-32(28)38(15-12-16-41-9)33-22-25(3)21-31(36(33)40)37(6,7)8;/h10-11,13-14,17-22,39-40H,12,15-16H2,1-9H3;. The maximum atomic E-state index is 11.9. The molecule has 0 saturated carbocycles. The summed E-state index contributed by atoms with van der Waals surface area (Å²) >= 11 is 0. The molecule has 4 aromatic rings. The molecule has 0 spiro atoms. The molecule has 0 aliphatic carbocycles. The number of aryl methyl sites for hydroxylation is 5. The van der Waals surface area contributed by atoms with Crippen molar-refractivity contribution in [3.8, 4) is 33.8 Å². The quantitative estimate of drug-likeness (QED) is 0.188. The molecule has 5 heteroatoms. The van der Waals surface area contributed by atoms with E-state index in [1.165, 1.54) is 5.56 Å². The molecule has 42 heavy (non-hydrogen) atoms. The molecule has 0 unspecified atom stereocenters. The van der Waals surface area contributed by atoms with Crippen LogP contribution in [0.1, 0.15) is 60.6 Å². The van der Waals surface area contributed by atoms with E-state index in [9.17, 15) is 10.2 Å². The third-order valence-electron chi connectivity index (χ3n) is 7.75. The first kappa shape index (κ1) is 33.6. The van der Waals surface area contributed by atoms with E-state index in [1.807, 2.05) is 12.1 Å². The number of para-hydroxylation sites is 1. The molecule has 0 amide bonds. The Morgan fingerprint density at radius 2 is 1.26 bits per heavy atom. The van der Waals surface area contributed by atoms with Crippen LogP contribution in [0, 0.1) is 34.6 Å². The van der Waals surface area contributed by atoms with Crippen molar-refractivity contribution in [3.05, 3.63) is 94.0 Å². The van der Waals surface area contributed by atoms with Gasteiger partial charge in [-0.3, -0.25) is 0 Å². The average molecular weight is 643 g/mol. The van der Waals surface area contributed by atoms with Gasteiger partial charge in [0, 0.05) is 74.4 Å². The molecule has 220 valence electrons. The zero-order valence-electron chi connectivity index (χ0n) is 26.6. The minimum absolute atomic E-state index is 0. The molecular weight excluding hydrogens is 598 g/mol. The third-order valence-corrected chi connectivity index (χ3v) is 7.75. The van der Waals surface area contributed by atoms with Gasteiger partial charge in [-0.25, -0.2) is 0 Å². The molecule has 0 bridgehead atoms. The molecule has 4 rings (SSSR count). The van der Waals surface area contributed by atoms with Gasteiger partial charge >= 0.3 is 0 Å². The fourth-order valence-electron chi connectivity index (χ4n) is 5.99. The van der Waals surface area contributed by atoms with Crippen molar-refractivity contribution in [2.24, 2.45) is 0 Å². The summed E-state index contributed by atoms with van der Waals surface area (Å²) in [6.07, 6.45) is 0.774. The van der Waals surface area contributed by atoms with Gasteiger partial charge in [-0.05, 0) is 98.5 Å². The smallest absolute Gasteiger partial charge is 0.142 e. The molecule has 0 heterocycles. The van der Waals surface area contributed by atoms with E-state index < -0.39 is 0 Å². The van der Waals surface area contributed by atoms with Gasteiger partial charge in [0.15, 0.2) is 0 Å². The van der Waals surface area contributed by atoms with Gasteiger partial charge in [-0.1, -0.05) is 62.7 Å². The first-order valence-corrected chi connectivity index (χ1v) is 14.4. The van der Waals surface area contributed by atoms with Crippen molar-refractivity contribution in [2.75, 3.05) is 25.2 Å². The summed E-state index contributed by atoms with van der Waals surface area (Å²) in [5, 5.41) is 23.5. The number of methoxy groups -OCH3 is 1. The zero-order valence-corrected chi connectivity index (χ0v) is 29.1. The SMILES string of the molecule is COCCCN(c1ccccc1-c1cc(C)cc(-c2c(C)cc(C)cc2C)c1O)c1cc(C)cc(C(C)(C)C)c1O.[Zr]. The summed E-state index contributed by atoms with van der Waals surface area (Å²) in [6, 6.07) is 20.7. The number of rotatable bonds is 8. The van der Waals surface area contributed by atoms with Crippen molar-refractivity contribution in [2.45, 2.75) is 67.2 Å². The Morgan fingerprint density at radius 1 is 0.690 bits per heavy atom. The van der Waals surface area contributed by atoms with Gasteiger partial charge in [0.25, 0.3) is 0 Å². The minimum Gasteiger partial charge on any atom is -0.507 e. The van der Waals surface area contributed by atoms with Gasteiger partial charge in [-0.15, -0.1) is 0 Å². The third kappa shape index (κ3) is 7.01. The Balaban J connectivity index is 0.00000484. The maximum absolute atomic E-state index is 11.9. The molecule has 0 radical (unpaired) electrons. The number of nitrogens with zero attached hydrogens (tertiary/aromatic N) is 1. The van der Waals surface area contributed by atoms with Crippen LogP contribution in [0.15, 0.2) is 60.7 Å². The summed E-state index contributed by atoms with van der Waals surface area (Å²) in [5.74, 6) is 0.550. The number of ether oxygens (including phenoxy) is 1. The molecule has 0 fully saturated rings. The molecule has 0 aliphatic heterocycles. The van der Waals surface area contributed by atoms with Gasteiger partial charge < -0.3 is 19.8 Å². The summed E-state index contributed by atoms with van der Waals surface area (Å²) < 4.78 is 5.41. The summed E-state index contributed by atoms with van der Waals surface area (Å²) in [6.45, 7) is 18.1. The van der Waals surface area contributed by atoms with Gasteiger partial charge in [-0.2, -0.15) is 0 Å². The van der Waals surface area contributed by atoms with Crippen LogP contribution in [0.2, 0.25) is 0 Å². The van der Waals surface area contributed by atoms with Gasteiger partial charge in [0.2, 0.25) is 0 Å². The normalized spacial score (nSPS) is 11.4. The zero-order chi connectivity index (χ0) is 30.1. The number of aromatic hydroxyl groups is 2. The summed E-state index contributed by atoms with van der Waals surface area (Å²) in [5.41, 5.74) is 11.6. The Labute approximate surface area is 271 Å². The van der Waals surface area contributed by atoms with Crippen LogP contribution in [-0.2, 0) is 36.4 Å². The van der Waals surface area contributed by atoms with E-state index in [1.54, 1.807) is 7.11 Å². The fraction of sp³-hybridized carbons (Fsp3) is 0.351. The van der Waals surface area contributed by atoms with E-state index in [4.69, 9.17) is 4.74 Å². The van der Waals surface area contributed by atoms with E-state index in [0.29, 0.717) is 13.2 Å². The first-order valence-electron chi connectivity index (χ1n) is 14.4. The van der Waals surface area contributed by atoms with Crippen LogP contribution < -0.4 is 4.90 Å². The van der Waals surface area contributed by atoms with E-state index in [0.717, 1.165) is 67.9 Å². The van der Waals surface area contributed by atoms with Crippen molar-refractivity contribution >= 4 is 11.4 Å². The molecule has 0 saturated heterocycles. The first-order chi connectivity index (χ1) is 19.3. The fourth-order valence-corrected chi connectivity index (χ4v) is 5.99. The average Bonchev–Trinajstić information content (AvgIpc) is 2.89. The van der Waals surface area contributed by atoms with E-state index >= 15 is 0 Å². The predicted molar refractivity (Wildman–Crippen MR) is 173 cm³/mol. The number of hydrogen-bond donors (Lipinski definition) is 2. The predicted octanol–water partition coefficient (Wildman–Crippen LogP) is 9.44. The van der Waals surface area contributed by atoms with Crippen LogP contribution in [-0.4, -0.2) is 30.5 Å². The molecule has 4 nitrogen and oxygen atoms in total. The van der Waals surface area contributed by atoms with Crippen molar-refractivity contribution in [3.63, 3.8) is 0 Å². The molecule has 2 N–H and O–H groups in total. The van der Waals surface area contributed by atoms with E-state index in [-0.39, 0.29) is 43.1 Å². The maximum Gasteiger partial charge on any atom is 0.142 e. The monoisotopic (exact) mass is 641 g/mol. The van der Waals surface area contributed by atoms with Crippen molar-refractivity contribution in [1.29, 1.82) is 0 Å². The largest absolute Gasteiger partial charge is 0.507 e. The van der Waals surface area contributed by atoms with Crippen LogP contribution in [0.4, 0.5) is 11.4 Å². The second-order valence-corrected chi connectivity index (χ2v) is 12.4. The number of phenolic OH excluding ortho intramolecular Hbond substituents is 2. The number of phenols is 2.